The average molecular weight is 540 g/mol. The van der Waals surface area contributed by atoms with Gasteiger partial charge in [-0.05, 0) is 41.6 Å². The molecule has 0 saturated carbocycles. The van der Waals surface area contributed by atoms with Crippen LogP contribution < -0.4 is 20.1 Å². The summed E-state index contributed by atoms with van der Waals surface area (Å²) in [6.07, 6.45) is 0. The Kier molecular flexibility index (Phi) is 9.58. The molecule has 0 radical (unpaired) electrons. The molecule has 138 valence electrons. The number of rotatable bonds is 6. The molecule has 0 aliphatic heterocycles. The number of benzene rings is 1. The molecule has 0 atom stereocenters. The van der Waals surface area contributed by atoms with E-state index in [1.54, 1.807) is 32.6 Å². The van der Waals surface area contributed by atoms with Crippen molar-refractivity contribution in [2.45, 2.75) is 20.0 Å². The smallest absolute Gasteiger partial charge is 0.191 e. The molecule has 0 fully saturated rings. The van der Waals surface area contributed by atoms with E-state index in [0.29, 0.717) is 18.0 Å². The van der Waals surface area contributed by atoms with Gasteiger partial charge < -0.3 is 20.1 Å². The van der Waals surface area contributed by atoms with Crippen LogP contribution in [0.1, 0.15) is 16.0 Å². The Labute approximate surface area is 178 Å². The van der Waals surface area contributed by atoms with E-state index < -0.39 is 0 Å². The Morgan fingerprint density at radius 1 is 1.16 bits per heavy atom. The van der Waals surface area contributed by atoms with Gasteiger partial charge in [-0.2, -0.15) is 0 Å². The van der Waals surface area contributed by atoms with Gasteiger partial charge in [0.05, 0.1) is 20.8 Å². The fourth-order valence-corrected chi connectivity index (χ4v) is 3.49. The normalized spacial score (nSPS) is 10.8. The third kappa shape index (κ3) is 6.03. The SMILES string of the molecule is CN=C(NCc1cc(OC)c(OC)cc1Br)NCc1sccc1C.I. The molecular weight excluding hydrogens is 517 g/mol. The summed E-state index contributed by atoms with van der Waals surface area (Å²) < 4.78 is 11.6. The van der Waals surface area contributed by atoms with Crippen molar-refractivity contribution in [2.24, 2.45) is 4.99 Å². The van der Waals surface area contributed by atoms with Gasteiger partial charge in [-0.1, -0.05) is 15.9 Å². The zero-order valence-electron chi connectivity index (χ0n) is 14.7. The van der Waals surface area contributed by atoms with E-state index in [1.807, 2.05) is 12.1 Å². The monoisotopic (exact) mass is 539 g/mol. The quantitative estimate of drug-likeness (QED) is 0.326. The predicted molar refractivity (Wildman–Crippen MR) is 119 cm³/mol. The van der Waals surface area contributed by atoms with Crippen molar-refractivity contribution in [3.63, 3.8) is 0 Å². The highest BCUT2D eigenvalue weighted by molar-refractivity contribution is 14.0. The van der Waals surface area contributed by atoms with Gasteiger partial charge in [0, 0.05) is 22.9 Å². The fraction of sp³-hybridized carbons (Fsp3) is 0.353. The second kappa shape index (κ2) is 10.9. The number of guanidine groups is 1. The van der Waals surface area contributed by atoms with Gasteiger partial charge in [0.15, 0.2) is 17.5 Å². The minimum absolute atomic E-state index is 0. The van der Waals surface area contributed by atoms with Crippen LogP contribution in [0.4, 0.5) is 0 Å². The summed E-state index contributed by atoms with van der Waals surface area (Å²) in [5.74, 6) is 2.16. The molecule has 0 aliphatic rings. The van der Waals surface area contributed by atoms with E-state index >= 15 is 0 Å². The van der Waals surface area contributed by atoms with Crippen molar-refractivity contribution in [1.29, 1.82) is 0 Å². The number of nitrogens with one attached hydrogen (secondary N) is 2. The first kappa shape index (κ1) is 22.0. The second-order valence-corrected chi connectivity index (χ2v) is 6.96. The zero-order valence-corrected chi connectivity index (χ0v) is 19.4. The summed E-state index contributed by atoms with van der Waals surface area (Å²) in [7, 11) is 5.02. The third-order valence-corrected chi connectivity index (χ3v) is 5.37. The highest BCUT2D eigenvalue weighted by atomic mass is 127. The maximum Gasteiger partial charge on any atom is 0.191 e. The number of aliphatic imine (C=N–C) groups is 1. The van der Waals surface area contributed by atoms with Gasteiger partial charge in [0.2, 0.25) is 0 Å². The number of ether oxygens (including phenoxy) is 2. The molecule has 0 unspecified atom stereocenters. The topological polar surface area (TPSA) is 54.9 Å². The minimum Gasteiger partial charge on any atom is -0.493 e. The highest BCUT2D eigenvalue weighted by Crippen LogP contribution is 2.33. The van der Waals surface area contributed by atoms with Crippen LogP contribution in [0.25, 0.3) is 0 Å². The summed E-state index contributed by atoms with van der Waals surface area (Å²) in [6.45, 7) is 3.49. The van der Waals surface area contributed by atoms with Gasteiger partial charge in [-0.15, -0.1) is 35.3 Å². The van der Waals surface area contributed by atoms with Crippen LogP contribution in [0.15, 0.2) is 33.0 Å². The zero-order chi connectivity index (χ0) is 17.5. The van der Waals surface area contributed by atoms with Crippen LogP contribution in [0, 0.1) is 6.92 Å². The molecule has 0 spiro atoms. The molecule has 5 nitrogen and oxygen atoms in total. The molecule has 2 N–H and O–H groups in total. The van der Waals surface area contributed by atoms with Crippen molar-refractivity contribution < 1.29 is 9.47 Å². The highest BCUT2D eigenvalue weighted by Gasteiger charge is 2.10. The van der Waals surface area contributed by atoms with Gasteiger partial charge in [0.1, 0.15) is 0 Å². The average Bonchev–Trinajstić information content (AvgIpc) is 3.00. The largest absolute Gasteiger partial charge is 0.493 e. The number of aryl methyl sites for hydroxylation is 1. The van der Waals surface area contributed by atoms with Gasteiger partial charge in [-0.25, -0.2) is 0 Å². The summed E-state index contributed by atoms with van der Waals surface area (Å²) in [4.78, 5) is 5.58. The van der Waals surface area contributed by atoms with E-state index in [2.05, 4.69) is 49.9 Å². The lowest BCUT2D eigenvalue weighted by molar-refractivity contribution is 0.354. The van der Waals surface area contributed by atoms with Crippen LogP contribution in [0.2, 0.25) is 0 Å². The molecule has 2 aromatic rings. The molecule has 2 rings (SSSR count). The lowest BCUT2D eigenvalue weighted by Gasteiger charge is -2.15. The van der Waals surface area contributed by atoms with E-state index in [9.17, 15) is 0 Å². The number of nitrogens with zero attached hydrogens (tertiary/aromatic N) is 1. The maximum atomic E-state index is 5.36. The van der Waals surface area contributed by atoms with Crippen molar-refractivity contribution in [2.75, 3.05) is 21.3 Å². The number of hydrogen-bond acceptors (Lipinski definition) is 4. The van der Waals surface area contributed by atoms with E-state index in [1.165, 1.54) is 10.4 Å². The van der Waals surface area contributed by atoms with Crippen molar-refractivity contribution in [3.05, 3.63) is 44.1 Å². The van der Waals surface area contributed by atoms with Gasteiger partial charge >= 0.3 is 0 Å². The maximum absolute atomic E-state index is 5.36. The molecule has 8 heteroatoms. The Bertz CT molecular complexity index is 722. The van der Waals surface area contributed by atoms with Crippen molar-refractivity contribution >= 4 is 57.2 Å². The van der Waals surface area contributed by atoms with Crippen LogP contribution in [0.5, 0.6) is 11.5 Å². The van der Waals surface area contributed by atoms with Crippen LogP contribution >= 0.6 is 51.2 Å². The number of thiophene rings is 1. The van der Waals surface area contributed by atoms with Crippen LogP contribution in [-0.4, -0.2) is 27.2 Å². The van der Waals surface area contributed by atoms with Gasteiger partial charge in [0.25, 0.3) is 0 Å². The summed E-state index contributed by atoms with van der Waals surface area (Å²) in [5.41, 5.74) is 2.36. The summed E-state index contributed by atoms with van der Waals surface area (Å²) in [6, 6.07) is 5.98. The molecular formula is C17H23BrIN3O2S. The van der Waals surface area contributed by atoms with Crippen molar-refractivity contribution in [1.82, 2.24) is 10.6 Å². The Morgan fingerprint density at radius 3 is 2.36 bits per heavy atom. The standard InChI is InChI=1S/C17H22BrN3O2S.HI/c1-11-5-6-24-16(11)10-21-17(19-2)20-9-12-7-14(22-3)15(23-4)8-13(12)18;/h5-8H,9-10H2,1-4H3,(H2,19,20,21);1H. The molecule has 1 aromatic carbocycles. The first-order valence-electron chi connectivity index (χ1n) is 7.47. The number of hydrogen-bond donors (Lipinski definition) is 2. The Hall–Kier alpha value is -1.00. The van der Waals surface area contributed by atoms with Crippen molar-refractivity contribution in [3.8, 4) is 11.5 Å². The first-order valence-corrected chi connectivity index (χ1v) is 9.14. The Balaban J connectivity index is 0.00000312. The molecule has 0 aliphatic carbocycles. The van der Waals surface area contributed by atoms with E-state index in [4.69, 9.17) is 9.47 Å². The van der Waals surface area contributed by atoms with E-state index in [0.717, 1.165) is 22.5 Å². The Morgan fingerprint density at radius 2 is 1.80 bits per heavy atom. The molecule has 0 saturated heterocycles. The number of methoxy groups -OCH3 is 2. The summed E-state index contributed by atoms with van der Waals surface area (Å²) in [5, 5.41) is 8.75. The minimum atomic E-state index is 0. The van der Waals surface area contributed by atoms with E-state index in [-0.39, 0.29) is 24.0 Å². The lowest BCUT2D eigenvalue weighted by atomic mass is 10.2. The fourth-order valence-electron chi connectivity index (χ4n) is 2.18. The lowest BCUT2D eigenvalue weighted by Crippen LogP contribution is -2.36. The molecule has 25 heavy (non-hydrogen) atoms. The van der Waals surface area contributed by atoms with Crippen LogP contribution in [0.3, 0.4) is 0 Å². The van der Waals surface area contributed by atoms with Crippen LogP contribution in [-0.2, 0) is 13.1 Å². The molecule has 0 bridgehead atoms. The predicted octanol–water partition coefficient (Wildman–Crippen LogP) is 4.32. The molecule has 0 amide bonds. The molecule has 1 aromatic heterocycles. The third-order valence-electron chi connectivity index (χ3n) is 3.61. The summed E-state index contributed by atoms with van der Waals surface area (Å²) >= 11 is 5.31. The van der Waals surface area contributed by atoms with Gasteiger partial charge in [-0.3, -0.25) is 4.99 Å². The first-order chi connectivity index (χ1) is 11.6. The molecule has 1 heterocycles. The number of halogens is 2. The second-order valence-electron chi connectivity index (χ2n) is 5.10.